The van der Waals surface area contributed by atoms with Gasteiger partial charge >= 0.3 is 7.82 Å². The Hall–Kier alpha value is -1.28. The summed E-state index contributed by atoms with van der Waals surface area (Å²) >= 11 is 0. The van der Waals surface area contributed by atoms with Gasteiger partial charge in [-0.15, -0.1) is 0 Å². The maximum atomic E-state index is 12.7. The van der Waals surface area contributed by atoms with E-state index in [4.69, 9.17) is 9.05 Å². The molecule has 0 aliphatic heterocycles. The lowest BCUT2D eigenvalue weighted by Crippen LogP contribution is -2.45. The number of likely N-dealkylation sites (N-methyl/N-ethyl adjacent to an activating group) is 1. The fraction of sp³-hybridized carbons (Fsp3) is 0.800. The predicted octanol–water partition coefficient (Wildman–Crippen LogP) is 8.40. The first-order valence-electron chi connectivity index (χ1n) is 17.4. The Balaban J connectivity index is 4.57. The van der Waals surface area contributed by atoms with Crippen LogP contribution in [0.15, 0.2) is 36.5 Å². The normalized spacial score (nSPS) is 15.3. The molecule has 0 saturated heterocycles. The summed E-state index contributed by atoms with van der Waals surface area (Å²) in [4.78, 5) is 22.8. The summed E-state index contributed by atoms with van der Waals surface area (Å²) < 4.78 is 23.3. The van der Waals surface area contributed by atoms with Crippen molar-refractivity contribution in [2.24, 2.45) is 0 Å². The summed E-state index contributed by atoms with van der Waals surface area (Å²) in [5.74, 6) is -0.203. The van der Waals surface area contributed by atoms with Crippen molar-refractivity contribution in [3.8, 4) is 0 Å². The van der Waals surface area contributed by atoms with E-state index in [9.17, 15) is 19.4 Å². The topological polar surface area (TPSA) is 105 Å². The standard InChI is InChI=1S/C35H67N2O6P/c1-6-8-10-12-14-16-17-18-19-20-21-23-25-27-29-35(39)36-33(32-43-44(40,41)42-31-30-37(3,4)5)34(38)28-26-24-22-15-13-11-9-7-2/h13,15,17-18,26,28,33-34,38H,6-12,14,16,19-25,27,29-32H2,1-5H3,(H-,36,39,40,41)/p+1/b15-13+,18-17-,28-26+. The van der Waals surface area contributed by atoms with Crippen molar-refractivity contribution in [2.75, 3.05) is 40.9 Å². The summed E-state index contributed by atoms with van der Waals surface area (Å²) in [7, 11) is 1.54. The largest absolute Gasteiger partial charge is 0.472 e. The molecule has 0 heterocycles. The molecule has 0 aromatic rings. The van der Waals surface area contributed by atoms with Crippen molar-refractivity contribution in [3.63, 3.8) is 0 Å². The highest BCUT2D eigenvalue weighted by atomic mass is 31.2. The summed E-state index contributed by atoms with van der Waals surface area (Å²) in [6.07, 6.45) is 30.8. The second-order valence-corrected chi connectivity index (χ2v) is 14.3. The van der Waals surface area contributed by atoms with Crippen LogP contribution in [0, 0.1) is 0 Å². The van der Waals surface area contributed by atoms with Crippen LogP contribution in [0.25, 0.3) is 0 Å². The highest BCUT2D eigenvalue weighted by molar-refractivity contribution is 7.47. The minimum Gasteiger partial charge on any atom is -0.387 e. The van der Waals surface area contributed by atoms with Crippen molar-refractivity contribution in [1.29, 1.82) is 0 Å². The second kappa shape index (κ2) is 28.0. The first-order valence-corrected chi connectivity index (χ1v) is 18.9. The molecule has 0 aliphatic carbocycles. The van der Waals surface area contributed by atoms with E-state index >= 15 is 0 Å². The molecule has 0 spiro atoms. The predicted molar refractivity (Wildman–Crippen MR) is 184 cm³/mol. The van der Waals surface area contributed by atoms with Crippen LogP contribution in [-0.4, -0.2) is 73.4 Å². The van der Waals surface area contributed by atoms with Gasteiger partial charge in [0.25, 0.3) is 0 Å². The number of aliphatic hydroxyl groups is 1. The Morgan fingerprint density at radius 2 is 1.27 bits per heavy atom. The number of unbranched alkanes of at least 4 members (excludes halogenated alkanes) is 13. The zero-order valence-corrected chi connectivity index (χ0v) is 29.8. The summed E-state index contributed by atoms with van der Waals surface area (Å²) in [5.41, 5.74) is 0. The van der Waals surface area contributed by atoms with Crippen LogP contribution in [0.5, 0.6) is 0 Å². The molecule has 1 amide bonds. The van der Waals surface area contributed by atoms with E-state index in [-0.39, 0.29) is 19.1 Å². The van der Waals surface area contributed by atoms with Gasteiger partial charge in [0.1, 0.15) is 13.2 Å². The lowest BCUT2D eigenvalue weighted by atomic mass is 10.1. The first-order chi connectivity index (χ1) is 21.0. The highest BCUT2D eigenvalue weighted by Gasteiger charge is 2.27. The molecule has 0 rings (SSSR count). The van der Waals surface area contributed by atoms with Crippen LogP contribution in [-0.2, 0) is 18.4 Å². The minimum absolute atomic E-state index is 0.0535. The zero-order chi connectivity index (χ0) is 32.9. The second-order valence-electron chi connectivity index (χ2n) is 12.9. The van der Waals surface area contributed by atoms with Gasteiger partial charge in [0, 0.05) is 6.42 Å². The number of carbonyl (C=O) groups is 1. The highest BCUT2D eigenvalue weighted by Crippen LogP contribution is 2.43. The first kappa shape index (κ1) is 42.7. The molecule has 3 atom stereocenters. The average molecular weight is 644 g/mol. The molecule has 0 aliphatic rings. The van der Waals surface area contributed by atoms with Crippen LogP contribution < -0.4 is 5.32 Å². The number of carbonyl (C=O) groups excluding carboxylic acids is 1. The molecule has 0 radical (unpaired) electrons. The van der Waals surface area contributed by atoms with Crippen LogP contribution in [0.3, 0.4) is 0 Å². The number of hydrogen-bond acceptors (Lipinski definition) is 5. The Kier molecular flexibility index (Phi) is 27.2. The smallest absolute Gasteiger partial charge is 0.387 e. The van der Waals surface area contributed by atoms with Gasteiger partial charge in [-0.2, -0.15) is 0 Å². The van der Waals surface area contributed by atoms with Gasteiger partial charge in [0.05, 0.1) is 39.9 Å². The number of rotatable bonds is 30. The molecule has 3 N–H and O–H groups in total. The number of aliphatic hydroxyl groups excluding tert-OH is 1. The van der Waals surface area contributed by atoms with E-state index in [0.29, 0.717) is 17.4 Å². The Labute approximate surface area is 270 Å². The van der Waals surface area contributed by atoms with Crippen molar-refractivity contribution in [1.82, 2.24) is 5.32 Å². The van der Waals surface area contributed by atoms with E-state index in [2.05, 4.69) is 43.5 Å². The third-order valence-corrected chi connectivity index (χ3v) is 8.32. The third kappa shape index (κ3) is 29.4. The Morgan fingerprint density at radius 1 is 0.750 bits per heavy atom. The van der Waals surface area contributed by atoms with E-state index in [0.717, 1.165) is 51.4 Å². The maximum absolute atomic E-state index is 12.7. The number of allylic oxidation sites excluding steroid dienone is 5. The number of quaternary nitrogens is 1. The molecule has 258 valence electrons. The monoisotopic (exact) mass is 643 g/mol. The molecule has 0 fully saturated rings. The van der Waals surface area contributed by atoms with E-state index in [1.807, 2.05) is 27.2 Å². The summed E-state index contributed by atoms with van der Waals surface area (Å²) in [5, 5.41) is 13.6. The quantitative estimate of drug-likeness (QED) is 0.0314. The van der Waals surface area contributed by atoms with Gasteiger partial charge in [-0.1, -0.05) is 108 Å². The number of nitrogens with zero attached hydrogens (tertiary/aromatic N) is 1. The number of nitrogens with one attached hydrogen (secondary N) is 1. The fourth-order valence-corrected chi connectivity index (χ4v) is 5.18. The van der Waals surface area contributed by atoms with Crippen molar-refractivity contribution >= 4 is 13.7 Å². The van der Waals surface area contributed by atoms with Crippen LogP contribution >= 0.6 is 7.82 Å². The lowest BCUT2D eigenvalue weighted by molar-refractivity contribution is -0.870. The van der Waals surface area contributed by atoms with E-state index < -0.39 is 20.0 Å². The number of phosphoric acid groups is 1. The fourth-order valence-electron chi connectivity index (χ4n) is 4.45. The molecule has 44 heavy (non-hydrogen) atoms. The summed E-state index contributed by atoms with van der Waals surface area (Å²) in [6.45, 7) is 4.66. The van der Waals surface area contributed by atoms with E-state index in [1.54, 1.807) is 6.08 Å². The van der Waals surface area contributed by atoms with Gasteiger partial charge in [0.2, 0.25) is 5.91 Å². The molecule has 3 unspecified atom stereocenters. The molecule has 0 aromatic heterocycles. The molecular formula is C35H68N2O6P+. The van der Waals surface area contributed by atoms with Crippen molar-refractivity contribution in [3.05, 3.63) is 36.5 Å². The molecule has 9 heteroatoms. The molecule has 8 nitrogen and oxygen atoms in total. The third-order valence-electron chi connectivity index (χ3n) is 7.33. The van der Waals surface area contributed by atoms with E-state index in [1.165, 1.54) is 57.8 Å². The van der Waals surface area contributed by atoms with Gasteiger partial charge in [-0.25, -0.2) is 4.57 Å². The van der Waals surface area contributed by atoms with Crippen LogP contribution in [0.1, 0.15) is 129 Å². The van der Waals surface area contributed by atoms with Crippen LogP contribution in [0.2, 0.25) is 0 Å². The molecule has 0 aromatic carbocycles. The van der Waals surface area contributed by atoms with Gasteiger partial charge in [0.15, 0.2) is 0 Å². The van der Waals surface area contributed by atoms with Gasteiger partial charge in [-0.3, -0.25) is 13.8 Å². The number of hydrogen-bond donors (Lipinski definition) is 3. The SMILES string of the molecule is CCCC/C=C/CC/C=C/C(O)C(COP(=O)(O)OCC[N+](C)(C)C)NC(=O)CCCCCCC/C=C\CCCCCCC. The average Bonchev–Trinajstić information content (AvgIpc) is 2.95. The number of amides is 1. The van der Waals surface area contributed by atoms with Gasteiger partial charge < -0.3 is 19.8 Å². The molecular weight excluding hydrogens is 575 g/mol. The lowest BCUT2D eigenvalue weighted by Gasteiger charge is -2.25. The Morgan fingerprint density at radius 3 is 1.89 bits per heavy atom. The van der Waals surface area contributed by atoms with Gasteiger partial charge in [-0.05, 0) is 51.4 Å². The van der Waals surface area contributed by atoms with Crippen molar-refractivity contribution in [2.45, 2.75) is 142 Å². The Bertz CT molecular complexity index is 825. The van der Waals surface area contributed by atoms with Crippen molar-refractivity contribution < 1.29 is 32.9 Å². The zero-order valence-electron chi connectivity index (χ0n) is 28.9. The maximum Gasteiger partial charge on any atom is 0.472 e. The minimum atomic E-state index is -4.33. The molecule has 0 saturated carbocycles. The summed E-state index contributed by atoms with van der Waals surface area (Å²) in [6, 6.07) is -0.861. The molecule has 0 bridgehead atoms. The van der Waals surface area contributed by atoms with Crippen LogP contribution in [0.4, 0.5) is 0 Å². The number of phosphoric ester groups is 1.